The van der Waals surface area contributed by atoms with Crippen LogP contribution in [-0.2, 0) is 9.53 Å². The van der Waals surface area contributed by atoms with Crippen LogP contribution < -0.4 is 0 Å². The van der Waals surface area contributed by atoms with Crippen molar-refractivity contribution in [1.29, 1.82) is 0 Å². The van der Waals surface area contributed by atoms with Crippen molar-refractivity contribution in [3.63, 3.8) is 0 Å². The van der Waals surface area contributed by atoms with E-state index in [1.165, 1.54) is 0 Å². The zero-order valence-corrected chi connectivity index (χ0v) is 11.3. The molecule has 1 unspecified atom stereocenters. The van der Waals surface area contributed by atoms with Crippen molar-refractivity contribution in [2.75, 3.05) is 26.3 Å². The van der Waals surface area contributed by atoms with Crippen molar-refractivity contribution in [3.05, 3.63) is 34.9 Å². The fraction of sp³-hybridized carbons (Fsp3) is 0.417. The highest BCUT2D eigenvalue weighted by Crippen LogP contribution is 2.23. The summed E-state index contributed by atoms with van der Waals surface area (Å²) in [6.45, 7) is 2.44. The first-order valence-electron chi connectivity index (χ1n) is 5.48. The molecule has 0 aliphatic carbocycles. The smallest absolute Gasteiger partial charge is 0.325 e. The van der Waals surface area contributed by atoms with Gasteiger partial charge in [-0.3, -0.25) is 9.69 Å². The van der Waals surface area contributed by atoms with Gasteiger partial charge in [0.1, 0.15) is 6.04 Å². The lowest BCUT2D eigenvalue weighted by Gasteiger charge is -2.32. The number of hydrogen-bond donors (Lipinski definition) is 1. The van der Waals surface area contributed by atoms with E-state index in [1.54, 1.807) is 24.3 Å². The van der Waals surface area contributed by atoms with Crippen molar-refractivity contribution in [3.8, 4) is 0 Å². The molecule has 18 heavy (non-hydrogen) atoms. The third-order valence-corrected chi connectivity index (χ3v) is 3.08. The topological polar surface area (TPSA) is 49.8 Å². The van der Waals surface area contributed by atoms with Crippen LogP contribution in [-0.4, -0.2) is 42.3 Å². The average molecular weight is 292 g/mol. The van der Waals surface area contributed by atoms with Crippen LogP contribution >= 0.6 is 24.0 Å². The molecule has 1 saturated heterocycles. The fourth-order valence-electron chi connectivity index (χ4n) is 1.99. The molecule has 0 amide bonds. The van der Waals surface area contributed by atoms with Gasteiger partial charge < -0.3 is 9.84 Å². The molecule has 1 aromatic rings. The Morgan fingerprint density at radius 3 is 2.33 bits per heavy atom. The summed E-state index contributed by atoms with van der Waals surface area (Å²) >= 11 is 5.80. The third-order valence-electron chi connectivity index (χ3n) is 2.83. The van der Waals surface area contributed by atoms with Gasteiger partial charge in [0, 0.05) is 18.1 Å². The molecule has 0 aromatic heterocycles. The number of carboxylic acid groups (broad SMARTS) is 1. The summed E-state index contributed by atoms with van der Waals surface area (Å²) in [4.78, 5) is 13.3. The van der Waals surface area contributed by atoms with Crippen molar-refractivity contribution in [1.82, 2.24) is 4.90 Å². The highest BCUT2D eigenvalue weighted by Gasteiger charge is 2.28. The van der Waals surface area contributed by atoms with Crippen LogP contribution in [0.1, 0.15) is 11.6 Å². The quantitative estimate of drug-likeness (QED) is 0.928. The van der Waals surface area contributed by atoms with Gasteiger partial charge in [0.2, 0.25) is 0 Å². The molecule has 100 valence electrons. The number of benzene rings is 1. The molecule has 1 aromatic carbocycles. The second-order valence-corrected chi connectivity index (χ2v) is 4.38. The maximum Gasteiger partial charge on any atom is 0.325 e. The van der Waals surface area contributed by atoms with E-state index in [-0.39, 0.29) is 12.4 Å². The Labute approximate surface area is 117 Å². The Morgan fingerprint density at radius 1 is 1.28 bits per heavy atom. The van der Waals surface area contributed by atoms with Crippen LogP contribution in [0.5, 0.6) is 0 Å². The lowest BCUT2D eigenvalue weighted by molar-refractivity contribution is -0.145. The van der Waals surface area contributed by atoms with Crippen molar-refractivity contribution >= 4 is 30.0 Å². The van der Waals surface area contributed by atoms with E-state index in [9.17, 15) is 9.90 Å². The predicted molar refractivity (Wildman–Crippen MR) is 71.5 cm³/mol. The Morgan fingerprint density at radius 2 is 1.83 bits per heavy atom. The van der Waals surface area contributed by atoms with E-state index in [4.69, 9.17) is 16.3 Å². The molecule has 0 radical (unpaired) electrons. The van der Waals surface area contributed by atoms with Crippen LogP contribution in [0, 0.1) is 0 Å². The Balaban J connectivity index is 0.00000162. The molecule has 2 rings (SSSR count). The van der Waals surface area contributed by atoms with Gasteiger partial charge in [-0.2, -0.15) is 0 Å². The molecular weight excluding hydrogens is 277 g/mol. The summed E-state index contributed by atoms with van der Waals surface area (Å²) in [7, 11) is 0. The molecule has 1 N–H and O–H groups in total. The minimum Gasteiger partial charge on any atom is -0.480 e. The average Bonchev–Trinajstić information content (AvgIpc) is 2.33. The van der Waals surface area contributed by atoms with Gasteiger partial charge in [0.25, 0.3) is 0 Å². The molecule has 1 aliphatic heterocycles. The molecule has 1 atom stereocenters. The number of morpholine rings is 1. The summed E-state index contributed by atoms with van der Waals surface area (Å²) < 4.78 is 5.23. The zero-order valence-electron chi connectivity index (χ0n) is 9.71. The van der Waals surface area contributed by atoms with Gasteiger partial charge in [-0.25, -0.2) is 0 Å². The number of ether oxygens (including phenoxy) is 1. The first-order chi connectivity index (χ1) is 8.18. The van der Waals surface area contributed by atoms with E-state index in [0.29, 0.717) is 31.3 Å². The second kappa shape index (κ2) is 6.95. The molecule has 4 nitrogen and oxygen atoms in total. The van der Waals surface area contributed by atoms with Crippen LogP contribution in [0.2, 0.25) is 5.02 Å². The van der Waals surface area contributed by atoms with Crippen molar-refractivity contribution in [2.24, 2.45) is 0 Å². The van der Waals surface area contributed by atoms with Gasteiger partial charge >= 0.3 is 5.97 Å². The molecule has 1 fully saturated rings. The lowest BCUT2D eigenvalue weighted by Crippen LogP contribution is -2.42. The molecule has 0 saturated carbocycles. The van der Waals surface area contributed by atoms with Gasteiger partial charge in [0.05, 0.1) is 13.2 Å². The normalized spacial score (nSPS) is 17.8. The number of carboxylic acids is 1. The van der Waals surface area contributed by atoms with Crippen molar-refractivity contribution < 1.29 is 14.6 Å². The zero-order chi connectivity index (χ0) is 12.3. The molecule has 1 heterocycles. The first kappa shape index (κ1) is 15.2. The largest absolute Gasteiger partial charge is 0.480 e. The van der Waals surface area contributed by atoms with Crippen LogP contribution in [0.4, 0.5) is 0 Å². The number of rotatable bonds is 3. The van der Waals surface area contributed by atoms with Gasteiger partial charge in [-0.15, -0.1) is 12.4 Å². The summed E-state index contributed by atoms with van der Waals surface area (Å²) in [5, 5.41) is 9.94. The van der Waals surface area contributed by atoms with Crippen LogP contribution in [0.25, 0.3) is 0 Å². The minimum absolute atomic E-state index is 0. The van der Waals surface area contributed by atoms with Crippen LogP contribution in [0.3, 0.4) is 0 Å². The van der Waals surface area contributed by atoms with E-state index >= 15 is 0 Å². The number of aliphatic carboxylic acids is 1. The first-order valence-corrected chi connectivity index (χ1v) is 5.86. The summed E-state index contributed by atoms with van der Waals surface area (Å²) in [5.74, 6) is -0.839. The fourth-order valence-corrected chi connectivity index (χ4v) is 2.12. The van der Waals surface area contributed by atoms with Gasteiger partial charge in [-0.1, -0.05) is 23.7 Å². The molecular formula is C12H15Cl2NO3. The van der Waals surface area contributed by atoms with E-state index in [1.807, 2.05) is 4.90 Å². The molecule has 0 spiro atoms. The number of hydrogen-bond acceptors (Lipinski definition) is 3. The second-order valence-electron chi connectivity index (χ2n) is 3.94. The summed E-state index contributed by atoms with van der Waals surface area (Å²) in [5.41, 5.74) is 0.754. The highest BCUT2D eigenvalue weighted by atomic mass is 35.5. The Kier molecular flexibility index (Phi) is 5.88. The number of nitrogens with zero attached hydrogens (tertiary/aromatic N) is 1. The predicted octanol–water partition coefficient (Wildman–Crippen LogP) is 2.22. The monoisotopic (exact) mass is 291 g/mol. The number of halogens is 2. The van der Waals surface area contributed by atoms with Gasteiger partial charge in [-0.05, 0) is 17.7 Å². The standard InChI is InChI=1S/C12H14ClNO3.ClH/c13-10-3-1-9(2-4-10)11(12(15)16)14-5-7-17-8-6-14;/h1-4,11H,5-8H2,(H,15,16);1H. The summed E-state index contributed by atoms with van der Waals surface area (Å²) in [6.07, 6.45) is 0. The molecule has 6 heteroatoms. The Bertz CT molecular complexity index is 391. The third kappa shape index (κ3) is 3.59. The van der Waals surface area contributed by atoms with Crippen LogP contribution in [0.15, 0.2) is 24.3 Å². The van der Waals surface area contributed by atoms with E-state index < -0.39 is 12.0 Å². The maximum atomic E-state index is 11.4. The Hall–Kier alpha value is -0.810. The molecule has 0 bridgehead atoms. The minimum atomic E-state index is -0.839. The SMILES string of the molecule is Cl.O=C(O)C(c1ccc(Cl)cc1)N1CCOCC1. The summed E-state index contributed by atoms with van der Waals surface area (Å²) in [6, 6.07) is 6.34. The maximum absolute atomic E-state index is 11.4. The lowest BCUT2D eigenvalue weighted by atomic mass is 10.1. The van der Waals surface area contributed by atoms with Gasteiger partial charge in [0.15, 0.2) is 0 Å². The van der Waals surface area contributed by atoms with Crippen molar-refractivity contribution in [2.45, 2.75) is 6.04 Å². The number of carbonyl (C=O) groups is 1. The molecule has 1 aliphatic rings. The van der Waals surface area contributed by atoms with E-state index in [0.717, 1.165) is 5.56 Å². The van der Waals surface area contributed by atoms with E-state index in [2.05, 4.69) is 0 Å². The highest BCUT2D eigenvalue weighted by molar-refractivity contribution is 6.30.